The molecule has 0 bridgehead atoms. The van der Waals surface area contributed by atoms with Crippen LogP contribution in [0, 0.1) is 0 Å². The van der Waals surface area contributed by atoms with E-state index in [-0.39, 0.29) is 25.4 Å². The number of esters is 2. The molecule has 160 valence electrons. The lowest BCUT2D eigenvalue weighted by Gasteiger charge is -2.14. The third-order valence-corrected chi connectivity index (χ3v) is 4.28. The molecule has 0 aliphatic rings. The molecule has 7 heteroatoms. The topological polar surface area (TPSA) is 71.1 Å². The fourth-order valence-electron chi connectivity index (χ4n) is 2.56. The Bertz CT molecular complexity index is 886. The van der Waals surface area contributed by atoms with Gasteiger partial charge < -0.3 is 18.9 Å². The van der Waals surface area contributed by atoms with Gasteiger partial charge in [-0.05, 0) is 50.6 Å². The van der Waals surface area contributed by atoms with Gasteiger partial charge in [-0.2, -0.15) is 0 Å². The summed E-state index contributed by atoms with van der Waals surface area (Å²) in [6.45, 7) is 6.16. The van der Waals surface area contributed by atoms with Crippen LogP contribution in [-0.2, 0) is 25.7 Å². The predicted molar refractivity (Wildman–Crippen MR) is 115 cm³/mol. The quantitative estimate of drug-likeness (QED) is 0.232. The van der Waals surface area contributed by atoms with E-state index in [0.29, 0.717) is 28.7 Å². The molecule has 0 amide bonds. The molecule has 0 unspecified atom stereocenters. The van der Waals surface area contributed by atoms with Crippen molar-refractivity contribution in [3.05, 3.63) is 64.2 Å². The largest absolute Gasteiger partial charge is 0.490 e. The second kappa shape index (κ2) is 11.9. The van der Waals surface area contributed by atoms with Crippen LogP contribution in [0.15, 0.2) is 48.0 Å². The van der Waals surface area contributed by atoms with Gasteiger partial charge in [-0.25, -0.2) is 9.59 Å². The summed E-state index contributed by atoms with van der Waals surface area (Å²) in [7, 11) is 0. The fraction of sp³-hybridized carbons (Fsp3) is 0.304. The van der Waals surface area contributed by atoms with Gasteiger partial charge in [-0.3, -0.25) is 0 Å². The van der Waals surface area contributed by atoms with Crippen LogP contribution >= 0.6 is 11.6 Å². The molecular formula is C23H25ClO6. The zero-order valence-corrected chi connectivity index (χ0v) is 18.0. The molecule has 0 aliphatic carbocycles. The molecule has 0 spiro atoms. The van der Waals surface area contributed by atoms with Gasteiger partial charge in [-0.15, -0.1) is 0 Å². The van der Waals surface area contributed by atoms with E-state index in [4.69, 9.17) is 30.5 Å². The van der Waals surface area contributed by atoms with E-state index in [9.17, 15) is 9.59 Å². The number of rotatable bonds is 10. The highest BCUT2D eigenvalue weighted by Crippen LogP contribution is 2.31. The molecule has 2 aromatic carbocycles. The van der Waals surface area contributed by atoms with Gasteiger partial charge in [0.25, 0.3) is 0 Å². The minimum Gasteiger partial charge on any atom is -0.490 e. The van der Waals surface area contributed by atoms with Crippen molar-refractivity contribution in [3.8, 4) is 11.5 Å². The Morgan fingerprint density at radius 3 is 2.13 bits per heavy atom. The summed E-state index contributed by atoms with van der Waals surface area (Å²) in [5.41, 5.74) is 1.23. The summed E-state index contributed by atoms with van der Waals surface area (Å²) in [6, 6.07) is 12.5. The molecule has 6 nitrogen and oxygen atoms in total. The van der Waals surface area contributed by atoms with Crippen molar-refractivity contribution in [2.45, 2.75) is 27.4 Å². The predicted octanol–water partition coefficient (Wildman–Crippen LogP) is 4.83. The Balaban J connectivity index is 2.31. The van der Waals surface area contributed by atoms with Crippen LogP contribution in [0.3, 0.4) is 0 Å². The Morgan fingerprint density at radius 2 is 1.53 bits per heavy atom. The average molecular weight is 433 g/mol. The van der Waals surface area contributed by atoms with E-state index in [1.54, 1.807) is 38.1 Å². The van der Waals surface area contributed by atoms with Crippen LogP contribution in [0.25, 0.3) is 6.08 Å². The van der Waals surface area contributed by atoms with Crippen molar-refractivity contribution < 1.29 is 28.5 Å². The summed E-state index contributed by atoms with van der Waals surface area (Å²) < 4.78 is 21.5. The molecule has 2 rings (SSSR count). The number of ether oxygens (including phenoxy) is 4. The molecule has 30 heavy (non-hydrogen) atoms. The molecule has 0 aromatic heterocycles. The van der Waals surface area contributed by atoms with E-state index in [1.165, 1.54) is 6.08 Å². The Morgan fingerprint density at radius 1 is 0.867 bits per heavy atom. The van der Waals surface area contributed by atoms with Gasteiger partial charge in [0.1, 0.15) is 12.2 Å². The van der Waals surface area contributed by atoms with Gasteiger partial charge >= 0.3 is 11.9 Å². The molecule has 0 N–H and O–H groups in total. The molecule has 0 radical (unpaired) electrons. The number of halogens is 1. The number of hydrogen-bond acceptors (Lipinski definition) is 6. The van der Waals surface area contributed by atoms with E-state index in [2.05, 4.69) is 0 Å². The summed E-state index contributed by atoms with van der Waals surface area (Å²) in [6.07, 6.45) is 1.41. The lowest BCUT2D eigenvalue weighted by Crippen LogP contribution is -2.18. The second-order valence-corrected chi connectivity index (χ2v) is 6.43. The highest BCUT2D eigenvalue weighted by atomic mass is 35.5. The van der Waals surface area contributed by atoms with Crippen LogP contribution in [0.2, 0.25) is 5.02 Å². The monoisotopic (exact) mass is 432 g/mol. The Kier molecular flexibility index (Phi) is 9.22. The first kappa shape index (κ1) is 23.3. The Labute approximate surface area is 181 Å². The first-order valence-electron chi connectivity index (χ1n) is 9.69. The summed E-state index contributed by atoms with van der Waals surface area (Å²) >= 11 is 6.18. The summed E-state index contributed by atoms with van der Waals surface area (Å²) in [5, 5.41) is 0.614. The number of hydrogen-bond donors (Lipinski definition) is 0. The third-order valence-electron chi connectivity index (χ3n) is 3.91. The molecular weight excluding hydrogens is 408 g/mol. The SMILES string of the molecule is CCOC(=O)C(=Cc1ccc(OCc2ccccc2Cl)c(OCC)c1)C(=O)OCC. The number of carbonyl (C=O) groups is 2. The lowest BCUT2D eigenvalue weighted by molar-refractivity contribution is -0.146. The fourth-order valence-corrected chi connectivity index (χ4v) is 2.75. The van der Waals surface area contributed by atoms with Crippen molar-refractivity contribution in [3.63, 3.8) is 0 Å². The normalized spacial score (nSPS) is 10.1. The van der Waals surface area contributed by atoms with Crippen molar-refractivity contribution >= 4 is 29.6 Å². The van der Waals surface area contributed by atoms with Gasteiger partial charge in [0.15, 0.2) is 11.5 Å². The molecule has 0 fully saturated rings. The molecule has 2 aromatic rings. The van der Waals surface area contributed by atoms with Gasteiger partial charge in [-0.1, -0.05) is 35.9 Å². The minimum atomic E-state index is -0.743. The van der Waals surface area contributed by atoms with Crippen LogP contribution in [-0.4, -0.2) is 31.8 Å². The molecule has 0 saturated heterocycles. The van der Waals surface area contributed by atoms with E-state index < -0.39 is 11.9 Å². The smallest absolute Gasteiger partial charge is 0.345 e. The minimum absolute atomic E-state index is 0.147. The maximum absolute atomic E-state index is 12.2. The van der Waals surface area contributed by atoms with Crippen molar-refractivity contribution in [2.24, 2.45) is 0 Å². The van der Waals surface area contributed by atoms with Crippen LogP contribution in [0.5, 0.6) is 11.5 Å². The molecule has 0 aliphatic heterocycles. The Hall–Kier alpha value is -2.99. The maximum atomic E-state index is 12.2. The summed E-state index contributed by atoms with van der Waals surface area (Å²) in [5.74, 6) is -0.492. The molecule has 0 heterocycles. The van der Waals surface area contributed by atoms with Gasteiger partial charge in [0.05, 0.1) is 19.8 Å². The van der Waals surface area contributed by atoms with E-state index >= 15 is 0 Å². The lowest BCUT2D eigenvalue weighted by atomic mass is 10.1. The second-order valence-electron chi connectivity index (χ2n) is 6.02. The third kappa shape index (κ3) is 6.52. The van der Waals surface area contributed by atoms with Gasteiger partial charge in [0.2, 0.25) is 0 Å². The van der Waals surface area contributed by atoms with Crippen molar-refractivity contribution in [2.75, 3.05) is 19.8 Å². The standard InChI is InChI=1S/C23H25ClO6/c1-4-27-21-14-16(13-18(22(25)28-5-2)23(26)29-6-3)11-12-20(21)30-15-17-9-7-8-10-19(17)24/h7-14H,4-6,15H2,1-3H3. The zero-order valence-electron chi connectivity index (χ0n) is 17.3. The number of benzene rings is 2. The maximum Gasteiger partial charge on any atom is 0.345 e. The van der Waals surface area contributed by atoms with Crippen LogP contribution < -0.4 is 9.47 Å². The van der Waals surface area contributed by atoms with E-state index in [0.717, 1.165) is 5.56 Å². The molecule has 0 atom stereocenters. The number of carbonyl (C=O) groups excluding carboxylic acids is 2. The van der Waals surface area contributed by atoms with Crippen molar-refractivity contribution in [1.82, 2.24) is 0 Å². The van der Waals surface area contributed by atoms with Crippen LogP contribution in [0.4, 0.5) is 0 Å². The molecule has 0 saturated carbocycles. The zero-order chi connectivity index (χ0) is 21.9. The van der Waals surface area contributed by atoms with E-state index in [1.807, 2.05) is 25.1 Å². The first-order valence-corrected chi connectivity index (χ1v) is 10.1. The average Bonchev–Trinajstić information content (AvgIpc) is 2.73. The van der Waals surface area contributed by atoms with Crippen molar-refractivity contribution in [1.29, 1.82) is 0 Å². The first-order chi connectivity index (χ1) is 14.5. The van der Waals surface area contributed by atoms with Gasteiger partial charge in [0, 0.05) is 10.6 Å². The van der Waals surface area contributed by atoms with Crippen LogP contribution in [0.1, 0.15) is 31.9 Å². The highest BCUT2D eigenvalue weighted by molar-refractivity contribution is 6.31. The summed E-state index contributed by atoms with van der Waals surface area (Å²) in [4.78, 5) is 24.3. The highest BCUT2D eigenvalue weighted by Gasteiger charge is 2.21.